The van der Waals surface area contributed by atoms with Crippen LogP contribution in [0, 0.1) is 11.3 Å². The summed E-state index contributed by atoms with van der Waals surface area (Å²) in [6, 6.07) is 9.23. The van der Waals surface area contributed by atoms with Crippen LogP contribution in [0.4, 0.5) is 5.69 Å². The van der Waals surface area contributed by atoms with Crippen LogP contribution in [0.25, 0.3) is 0 Å². The lowest BCUT2D eigenvalue weighted by Crippen LogP contribution is -2.38. The van der Waals surface area contributed by atoms with E-state index in [1.807, 2.05) is 12.1 Å². The number of nitrogens with zero attached hydrogens (tertiary/aromatic N) is 3. The van der Waals surface area contributed by atoms with Gasteiger partial charge in [-0.05, 0) is 30.7 Å². The fourth-order valence-electron chi connectivity index (χ4n) is 3.05. The summed E-state index contributed by atoms with van der Waals surface area (Å²) in [7, 11) is -3.21. The van der Waals surface area contributed by atoms with E-state index in [0.29, 0.717) is 30.2 Å². The van der Waals surface area contributed by atoms with Crippen molar-refractivity contribution in [3.8, 4) is 6.07 Å². The molecule has 0 N–H and O–H groups in total. The Hall–Kier alpha value is -2.01. The number of hydrogen-bond acceptors (Lipinski definition) is 5. The molecule has 1 aliphatic heterocycles. The van der Waals surface area contributed by atoms with E-state index in [-0.39, 0.29) is 6.04 Å². The molecule has 2 aromatic rings. The van der Waals surface area contributed by atoms with Gasteiger partial charge in [0.1, 0.15) is 6.07 Å². The normalized spacial score (nSPS) is 18.2. The zero-order valence-corrected chi connectivity index (χ0v) is 15.3. The van der Waals surface area contributed by atoms with Gasteiger partial charge in [-0.25, -0.2) is 12.7 Å². The highest BCUT2D eigenvalue weighted by Crippen LogP contribution is 2.29. The summed E-state index contributed by atoms with van der Waals surface area (Å²) >= 11 is 6.19. The SMILES string of the molecule is CS(=O)(=O)N1CC[C@H](N(Cc2ccoc2)c2ccc(C#N)c(Cl)c2)C1. The third-order valence-corrected chi connectivity index (χ3v) is 5.96. The van der Waals surface area contributed by atoms with Gasteiger partial charge in [0.2, 0.25) is 10.0 Å². The first-order chi connectivity index (χ1) is 11.9. The van der Waals surface area contributed by atoms with Crippen LogP contribution in [0.3, 0.4) is 0 Å². The molecule has 1 aromatic carbocycles. The third-order valence-electron chi connectivity index (χ3n) is 4.37. The molecule has 0 amide bonds. The van der Waals surface area contributed by atoms with E-state index in [1.165, 1.54) is 10.6 Å². The summed E-state index contributed by atoms with van der Waals surface area (Å²) in [6.45, 7) is 1.49. The molecule has 6 nitrogen and oxygen atoms in total. The van der Waals surface area contributed by atoms with Crippen LogP contribution in [0.15, 0.2) is 41.2 Å². The highest BCUT2D eigenvalue weighted by atomic mass is 35.5. The van der Waals surface area contributed by atoms with Gasteiger partial charge < -0.3 is 9.32 Å². The van der Waals surface area contributed by atoms with E-state index >= 15 is 0 Å². The average molecular weight is 380 g/mol. The van der Waals surface area contributed by atoms with Crippen LogP contribution in [-0.2, 0) is 16.6 Å². The number of anilines is 1. The molecule has 0 radical (unpaired) electrons. The molecule has 1 aromatic heterocycles. The van der Waals surface area contributed by atoms with Crippen LogP contribution in [0.2, 0.25) is 5.02 Å². The van der Waals surface area contributed by atoms with Crippen molar-refractivity contribution in [2.24, 2.45) is 0 Å². The second-order valence-electron chi connectivity index (χ2n) is 6.10. The zero-order chi connectivity index (χ0) is 18.0. The van der Waals surface area contributed by atoms with Crippen molar-refractivity contribution in [2.75, 3.05) is 24.2 Å². The fourth-order valence-corrected chi connectivity index (χ4v) is 4.15. The number of nitriles is 1. The maximum absolute atomic E-state index is 11.8. The van der Waals surface area contributed by atoms with Gasteiger partial charge in [0.25, 0.3) is 0 Å². The Morgan fingerprint density at radius 2 is 2.24 bits per heavy atom. The predicted octanol–water partition coefficient (Wildman–Crippen LogP) is 2.85. The smallest absolute Gasteiger partial charge is 0.211 e. The van der Waals surface area contributed by atoms with E-state index in [4.69, 9.17) is 21.3 Å². The highest BCUT2D eigenvalue weighted by Gasteiger charge is 2.32. The van der Waals surface area contributed by atoms with Crippen molar-refractivity contribution in [3.05, 3.63) is 52.9 Å². The fraction of sp³-hybridized carbons (Fsp3) is 0.353. The molecular weight excluding hydrogens is 362 g/mol. The third kappa shape index (κ3) is 3.98. The Kier molecular flexibility index (Phi) is 5.04. The molecular formula is C17H18ClN3O3S. The quantitative estimate of drug-likeness (QED) is 0.798. The minimum atomic E-state index is -3.21. The number of rotatable bonds is 5. The van der Waals surface area contributed by atoms with Crippen LogP contribution in [0.5, 0.6) is 0 Å². The van der Waals surface area contributed by atoms with Gasteiger partial charge in [-0.15, -0.1) is 0 Å². The second-order valence-corrected chi connectivity index (χ2v) is 8.49. The van der Waals surface area contributed by atoms with Gasteiger partial charge in [-0.3, -0.25) is 0 Å². The topological polar surface area (TPSA) is 77.6 Å². The van der Waals surface area contributed by atoms with Crippen LogP contribution in [-0.4, -0.2) is 38.1 Å². The molecule has 3 rings (SSSR count). The van der Waals surface area contributed by atoms with Gasteiger partial charge >= 0.3 is 0 Å². The summed E-state index contributed by atoms with van der Waals surface area (Å²) in [4.78, 5) is 2.11. The summed E-state index contributed by atoms with van der Waals surface area (Å²) < 4.78 is 30.3. The molecule has 25 heavy (non-hydrogen) atoms. The highest BCUT2D eigenvalue weighted by molar-refractivity contribution is 7.88. The molecule has 1 aliphatic rings. The van der Waals surface area contributed by atoms with Crippen molar-refractivity contribution < 1.29 is 12.8 Å². The van der Waals surface area contributed by atoms with E-state index < -0.39 is 10.0 Å². The number of halogens is 1. The Labute approximate surface area is 152 Å². The lowest BCUT2D eigenvalue weighted by molar-refractivity contribution is 0.473. The van der Waals surface area contributed by atoms with Crippen molar-refractivity contribution in [2.45, 2.75) is 19.0 Å². The van der Waals surface area contributed by atoms with Crippen LogP contribution in [0.1, 0.15) is 17.5 Å². The van der Waals surface area contributed by atoms with E-state index in [2.05, 4.69) is 11.0 Å². The lowest BCUT2D eigenvalue weighted by atomic mass is 10.1. The Morgan fingerprint density at radius 3 is 2.80 bits per heavy atom. The molecule has 132 valence electrons. The van der Waals surface area contributed by atoms with Crippen LogP contribution >= 0.6 is 11.6 Å². The minimum absolute atomic E-state index is 0.0219. The minimum Gasteiger partial charge on any atom is -0.472 e. The van der Waals surface area contributed by atoms with Crippen molar-refractivity contribution in [1.29, 1.82) is 5.26 Å². The molecule has 0 aliphatic carbocycles. The van der Waals surface area contributed by atoms with Crippen molar-refractivity contribution in [3.63, 3.8) is 0 Å². The maximum atomic E-state index is 11.8. The van der Waals surface area contributed by atoms with Gasteiger partial charge in [0.05, 0.1) is 29.4 Å². The van der Waals surface area contributed by atoms with Gasteiger partial charge in [0.15, 0.2) is 0 Å². The van der Waals surface area contributed by atoms with Crippen molar-refractivity contribution in [1.82, 2.24) is 4.31 Å². The standard InChI is InChI=1S/C17H18ClN3O3S/c1-25(22,23)20-6-4-16(11-20)21(10-13-5-7-24-12-13)15-3-2-14(9-19)17(18)8-15/h2-3,5,7-8,12,16H,4,6,10-11H2,1H3/t16-/m0/s1. The molecule has 1 saturated heterocycles. The zero-order valence-electron chi connectivity index (χ0n) is 13.7. The first kappa shape index (κ1) is 17.8. The summed E-state index contributed by atoms with van der Waals surface area (Å²) in [5.41, 5.74) is 2.25. The van der Waals surface area contributed by atoms with E-state index in [1.54, 1.807) is 24.7 Å². The predicted molar refractivity (Wildman–Crippen MR) is 95.9 cm³/mol. The Balaban J connectivity index is 1.91. The largest absolute Gasteiger partial charge is 0.472 e. The molecule has 2 heterocycles. The van der Waals surface area contributed by atoms with Gasteiger partial charge in [-0.2, -0.15) is 5.26 Å². The lowest BCUT2D eigenvalue weighted by Gasteiger charge is -2.31. The first-order valence-electron chi connectivity index (χ1n) is 7.81. The second kappa shape index (κ2) is 7.08. The number of furan rings is 1. The number of sulfonamides is 1. The molecule has 1 fully saturated rings. The first-order valence-corrected chi connectivity index (χ1v) is 10.0. The van der Waals surface area contributed by atoms with Crippen LogP contribution < -0.4 is 4.90 Å². The Morgan fingerprint density at radius 1 is 1.44 bits per heavy atom. The Bertz CT molecular complexity index is 890. The molecule has 8 heteroatoms. The number of hydrogen-bond donors (Lipinski definition) is 0. The van der Waals surface area contributed by atoms with Gasteiger partial charge in [0, 0.05) is 36.9 Å². The summed E-state index contributed by atoms with van der Waals surface area (Å²) in [5, 5.41) is 9.44. The summed E-state index contributed by atoms with van der Waals surface area (Å²) in [6.07, 6.45) is 5.23. The maximum Gasteiger partial charge on any atom is 0.211 e. The number of benzene rings is 1. The van der Waals surface area contributed by atoms with E-state index in [9.17, 15) is 8.42 Å². The van der Waals surface area contributed by atoms with E-state index in [0.717, 1.165) is 17.7 Å². The molecule has 1 atom stereocenters. The van der Waals surface area contributed by atoms with Crippen molar-refractivity contribution >= 4 is 27.3 Å². The molecule has 0 spiro atoms. The van der Waals surface area contributed by atoms with Gasteiger partial charge in [-0.1, -0.05) is 11.6 Å². The summed E-state index contributed by atoms with van der Waals surface area (Å²) in [5.74, 6) is 0. The monoisotopic (exact) mass is 379 g/mol. The molecule has 0 unspecified atom stereocenters. The molecule has 0 saturated carbocycles. The average Bonchev–Trinajstić information content (AvgIpc) is 3.23. The molecule has 0 bridgehead atoms.